The van der Waals surface area contributed by atoms with Crippen LogP contribution in [0.15, 0.2) is 42.5 Å². The topological polar surface area (TPSA) is 114 Å². The average Bonchev–Trinajstić information content (AvgIpc) is 3.67. The minimum atomic E-state index is -4.44. The molecule has 47 heavy (non-hydrogen) atoms. The molecule has 12 heteroatoms. The molecule has 6 rings (SSSR count). The summed E-state index contributed by atoms with van der Waals surface area (Å²) in [6.45, 7) is 2.69. The van der Waals surface area contributed by atoms with Gasteiger partial charge in [0.2, 0.25) is 17.7 Å². The van der Waals surface area contributed by atoms with Gasteiger partial charge in [0.05, 0.1) is 23.1 Å². The molecule has 2 unspecified atom stereocenters. The van der Waals surface area contributed by atoms with Crippen molar-refractivity contribution in [2.75, 3.05) is 26.2 Å². The second kappa shape index (κ2) is 13.1. The van der Waals surface area contributed by atoms with Gasteiger partial charge >= 0.3 is 6.18 Å². The van der Waals surface area contributed by atoms with Crippen LogP contribution in [0.3, 0.4) is 0 Å². The molecular formula is C35H38F3N5O4. The van der Waals surface area contributed by atoms with Crippen LogP contribution >= 0.6 is 0 Å². The number of imide groups is 1. The van der Waals surface area contributed by atoms with Gasteiger partial charge in [-0.2, -0.15) is 18.4 Å². The summed E-state index contributed by atoms with van der Waals surface area (Å²) < 4.78 is 39.1. The van der Waals surface area contributed by atoms with Gasteiger partial charge < -0.3 is 9.80 Å². The van der Waals surface area contributed by atoms with Crippen LogP contribution in [0.2, 0.25) is 0 Å². The highest BCUT2D eigenvalue weighted by atomic mass is 19.4. The minimum absolute atomic E-state index is 0.0504. The molecule has 0 aromatic heterocycles. The fraction of sp³-hybridized carbons (Fsp3) is 0.514. The van der Waals surface area contributed by atoms with E-state index in [0.29, 0.717) is 50.0 Å². The molecule has 9 nitrogen and oxygen atoms in total. The number of unbranched alkanes of at least 4 members (excludes halogenated alkanes) is 1. The fourth-order valence-electron chi connectivity index (χ4n) is 7.65. The lowest BCUT2D eigenvalue weighted by Gasteiger charge is -2.39. The SMILES string of the molecule is N#CC1(c2ccc(C(F)(F)F)cc2)CCN(C(=O)C2CCCN2CCCCc2cccc3c2CN(C2CCC(=O)NC2=O)C3=O)CC1. The van der Waals surface area contributed by atoms with E-state index in [9.17, 15) is 37.6 Å². The molecule has 2 aromatic rings. The number of piperidine rings is 2. The van der Waals surface area contributed by atoms with Crippen LogP contribution in [0.5, 0.6) is 0 Å². The monoisotopic (exact) mass is 649 g/mol. The van der Waals surface area contributed by atoms with Crippen molar-refractivity contribution >= 4 is 23.6 Å². The van der Waals surface area contributed by atoms with Crippen molar-refractivity contribution in [3.8, 4) is 6.07 Å². The lowest BCUT2D eigenvalue weighted by atomic mass is 9.74. The third-order valence-electron chi connectivity index (χ3n) is 10.4. The normalized spacial score (nSPS) is 23.1. The number of carbonyl (C=O) groups excluding carboxylic acids is 4. The number of halogens is 3. The van der Waals surface area contributed by atoms with Gasteiger partial charge in [-0.3, -0.25) is 29.4 Å². The van der Waals surface area contributed by atoms with Crippen molar-refractivity contribution in [1.29, 1.82) is 5.26 Å². The highest BCUT2D eigenvalue weighted by Crippen LogP contribution is 2.38. The average molecular weight is 650 g/mol. The molecule has 0 bridgehead atoms. The van der Waals surface area contributed by atoms with E-state index in [1.54, 1.807) is 15.9 Å². The first-order valence-corrected chi connectivity index (χ1v) is 16.4. The number of nitrogens with zero attached hydrogens (tertiary/aromatic N) is 4. The zero-order valence-corrected chi connectivity index (χ0v) is 26.2. The predicted molar refractivity (Wildman–Crippen MR) is 165 cm³/mol. The highest BCUT2D eigenvalue weighted by molar-refractivity contribution is 6.05. The Labute approximate surface area is 271 Å². The van der Waals surface area contributed by atoms with Crippen molar-refractivity contribution in [1.82, 2.24) is 20.0 Å². The largest absolute Gasteiger partial charge is 0.416 e. The van der Waals surface area contributed by atoms with Gasteiger partial charge in [0.15, 0.2) is 0 Å². The molecule has 4 heterocycles. The van der Waals surface area contributed by atoms with Crippen LogP contribution < -0.4 is 5.32 Å². The summed E-state index contributed by atoms with van der Waals surface area (Å²) in [5, 5.41) is 12.4. The molecule has 2 aromatic carbocycles. The number of likely N-dealkylation sites (tertiary alicyclic amines) is 2. The number of nitrogens with one attached hydrogen (secondary N) is 1. The number of nitriles is 1. The number of carbonyl (C=O) groups is 4. The van der Waals surface area contributed by atoms with E-state index < -0.39 is 29.1 Å². The smallest absolute Gasteiger partial charge is 0.341 e. The quantitative estimate of drug-likeness (QED) is 0.337. The van der Waals surface area contributed by atoms with Crippen LogP contribution in [0.4, 0.5) is 13.2 Å². The third kappa shape index (κ3) is 6.50. The second-order valence-corrected chi connectivity index (χ2v) is 13.1. The van der Waals surface area contributed by atoms with E-state index in [4.69, 9.17) is 0 Å². The molecule has 0 spiro atoms. The van der Waals surface area contributed by atoms with E-state index in [2.05, 4.69) is 16.3 Å². The molecule has 1 N–H and O–H groups in total. The van der Waals surface area contributed by atoms with E-state index in [0.717, 1.165) is 68.5 Å². The molecule has 0 radical (unpaired) electrons. The molecule has 3 saturated heterocycles. The number of rotatable bonds is 8. The maximum atomic E-state index is 13.6. The van der Waals surface area contributed by atoms with Crippen molar-refractivity contribution < 1.29 is 32.3 Å². The third-order valence-corrected chi connectivity index (χ3v) is 10.4. The second-order valence-electron chi connectivity index (χ2n) is 13.1. The summed E-state index contributed by atoms with van der Waals surface area (Å²) >= 11 is 0. The van der Waals surface area contributed by atoms with Crippen molar-refractivity contribution in [2.24, 2.45) is 0 Å². The van der Waals surface area contributed by atoms with Gasteiger partial charge in [0, 0.05) is 31.6 Å². The van der Waals surface area contributed by atoms with Crippen LogP contribution in [-0.4, -0.2) is 76.6 Å². The summed E-state index contributed by atoms with van der Waals surface area (Å²) in [5.74, 6) is -0.869. The Hall–Kier alpha value is -4.24. The molecule has 3 fully saturated rings. The van der Waals surface area contributed by atoms with Crippen LogP contribution in [0.25, 0.3) is 0 Å². The lowest BCUT2D eigenvalue weighted by molar-refractivity contribution is -0.138. The summed E-state index contributed by atoms with van der Waals surface area (Å²) in [6, 6.07) is 11.9. The Bertz CT molecular complexity index is 1590. The predicted octanol–water partition coefficient (Wildman–Crippen LogP) is 4.34. The minimum Gasteiger partial charge on any atom is -0.341 e. The number of alkyl halides is 3. The van der Waals surface area contributed by atoms with Gasteiger partial charge in [-0.05, 0) is 99.3 Å². The van der Waals surface area contributed by atoms with Gasteiger partial charge in [-0.15, -0.1) is 0 Å². The number of amides is 4. The molecule has 4 aliphatic heterocycles. The Kier molecular flexibility index (Phi) is 9.12. The first kappa shape index (κ1) is 32.7. The Balaban J connectivity index is 1.00. The Morgan fingerprint density at radius 3 is 2.43 bits per heavy atom. The standard InChI is InChI=1S/C35H38F3N5O4/c36-35(37,38)25-11-9-24(10-12-25)34(22-39)15-19-42(20-16-34)33(47)29-8-4-18-41(29)17-2-1-5-23-6-3-7-26-27(23)21-43(32(26)46)28-13-14-30(44)40-31(28)45/h3,6-7,9-12,28-29H,1-2,4-5,8,13-21H2,(H,40,44,45). The lowest BCUT2D eigenvalue weighted by Crippen LogP contribution is -2.52. The van der Waals surface area contributed by atoms with Gasteiger partial charge in [0.25, 0.3) is 5.91 Å². The molecule has 4 aliphatic rings. The molecule has 0 saturated carbocycles. The Morgan fingerprint density at radius 2 is 1.74 bits per heavy atom. The number of hydrogen-bond donors (Lipinski definition) is 1. The van der Waals surface area contributed by atoms with E-state index in [1.807, 2.05) is 12.1 Å². The number of benzene rings is 2. The van der Waals surface area contributed by atoms with Gasteiger partial charge in [-0.25, -0.2) is 0 Å². The molecule has 248 valence electrons. The first-order valence-electron chi connectivity index (χ1n) is 16.4. The van der Waals surface area contributed by atoms with Crippen LogP contribution in [-0.2, 0) is 38.9 Å². The maximum Gasteiger partial charge on any atom is 0.416 e. The molecule has 2 atom stereocenters. The summed E-state index contributed by atoms with van der Waals surface area (Å²) in [4.78, 5) is 56.4. The molecule has 4 amide bonds. The zero-order valence-electron chi connectivity index (χ0n) is 26.2. The van der Waals surface area contributed by atoms with Crippen LogP contribution in [0, 0.1) is 11.3 Å². The van der Waals surface area contributed by atoms with Crippen LogP contribution in [0.1, 0.15) is 84.0 Å². The van der Waals surface area contributed by atoms with Crippen molar-refractivity contribution in [3.05, 3.63) is 70.3 Å². The summed E-state index contributed by atoms with van der Waals surface area (Å²) in [6.07, 6.45) is 1.02. The number of fused-ring (bicyclic) bond motifs is 1. The van der Waals surface area contributed by atoms with Crippen molar-refractivity contribution in [3.63, 3.8) is 0 Å². The summed E-state index contributed by atoms with van der Waals surface area (Å²) in [7, 11) is 0. The summed E-state index contributed by atoms with van der Waals surface area (Å²) in [5.41, 5.74) is 1.50. The Morgan fingerprint density at radius 1 is 1.00 bits per heavy atom. The molecular weight excluding hydrogens is 611 g/mol. The van der Waals surface area contributed by atoms with E-state index in [1.165, 1.54) is 12.1 Å². The van der Waals surface area contributed by atoms with Gasteiger partial charge in [0.1, 0.15) is 6.04 Å². The zero-order chi connectivity index (χ0) is 33.3. The van der Waals surface area contributed by atoms with E-state index in [-0.39, 0.29) is 30.2 Å². The molecule has 0 aliphatic carbocycles. The van der Waals surface area contributed by atoms with E-state index >= 15 is 0 Å². The first-order chi connectivity index (χ1) is 22.5. The van der Waals surface area contributed by atoms with Crippen molar-refractivity contribution in [2.45, 2.75) is 88.0 Å². The van der Waals surface area contributed by atoms with Gasteiger partial charge in [-0.1, -0.05) is 24.3 Å². The number of hydrogen-bond acceptors (Lipinski definition) is 6. The number of aryl methyl sites for hydroxylation is 1. The maximum absolute atomic E-state index is 13.6. The highest BCUT2D eigenvalue weighted by Gasteiger charge is 2.42. The fourth-order valence-corrected chi connectivity index (χ4v) is 7.65.